The van der Waals surface area contributed by atoms with Gasteiger partial charge in [0.05, 0.1) is 31.4 Å². The molecule has 6 nitrogen and oxygen atoms in total. The van der Waals surface area contributed by atoms with Gasteiger partial charge in [0, 0.05) is 24.5 Å². The van der Waals surface area contributed by atoms with Crippen LogP contribution >= 0.6 is 0 Å². The van der Waals surface area contributed by atoms with Crippen LogP contribution in [0.25, 0.3) is 0 Å². The minimum atomic E-state index is -0.476. The SMILES string of the molecule is CC1(CNC2C(NC(=O)OC(C)(C)C)C3CCCOC32)COC1. The lowest BCUT2D eigenvalue weighted by atomic mass is 9.68. The number of nitrogens with one attached hydrogen (secondary N) is 2. The average Bonchev–Trinajstić information content (AvgIpc) is 2.41. The molecular formula is C17H30N2O4. The van der Waals surface area contributed by atoms with E-state index >= 15 is 0 Å². The van der Waals surface area contributed by atoms with E-state index in [1.54, 1.807) is 0 Å². The smallest absolute Gasteiger partial charge is 0.407 e. The van der Waals surface area contributed by atoms with Gasteiger partial charge in [-0.05, 0) is 33.6 Å². The molecule has 23 heavy (non-hydrogen) atoms. The molecule has 2 saturated heterocycles. The van der Waals surface area contributed by atoms with Gasteiger partial charge in [-0.15, -0.1) is 0 Å². The molecule has 132 valence electrons. The maximum absolute atomic E-state index is 12.1. The molecule has 0 aromatic rings. The highest BCUT2D eigenvalue weighted by atomic mass is 16.6. The molecule has 0 bridgehead atoms. The second kappa shape index (κ2) is 6.22. The molecule has 4 unspecified atom stereocenters. The molecule has 6 heteroatoms. The Bertz CT molecular complexity index is 444. The van der Waals surface area contributed by atoms with Crippen LogP contribution in [-0.4, -0.2) is 56.2 Å². The summed E-state index contributed by atoms with van der Waals surface area (Å²) in [4.78, 5) is 12.1. The van der Waals surface area contributed by atoms with Gasteiger partial charge in [0.2, 0.25) is 0 Å². The Morgan fingerprint density at radius 2 is 2.04 bits per heavy atom. The number of fused-ring (bicyclic) bond motifs is 1. The molecule has 3 rings (SSSR count). The molecule has 4 atom stereocenters. The fourth-order valence-electron chi connectivity index (χ4n) is 3.71. The van der Waals surface area contributed by atoms with E-state index in [4.69, 9.17) is 14.2 Å². The number of ether oxygens (including phenoxy) is 3. The van der Waals surface area contributed by atoms with Crippen LogP contribution in [0, 0.1) is 11.3 Å². The maximum atomic E-state index is 12.1. The van der Waals surface area contributed by atoms with Crippen molar-refractivity contribution >= 4 is 6.09 Å². The summed E-state index contributed by atoms with van der Waals surface area (Å²) in [5.74, 6) is 0.388. The van der Waals surface area contributed by atoms with Crippen molar-refractivity contribution in [1.82, 2.24) is 10.6 Å². The normalized spacial score (nSPS) is 35.5. The highest BCUT2D eigenvalue weighted by molar-refractivity contribution is 5.68. The summed E-state index contributed by atoms with van der Waals surface area (Å²) in [6.45, 7) is 11.2. The van der Waals surface area contributed by atoms with Gasteiger partial charge in [-0.1, -0.05) is 6.92 Å². The fraction of sp³-hybridized carbons (Fsp3) is 0.941. The first-order valence-electron chi connectivity index (χ1n) is 8.70. The van der Waals surface area contributed by atoms with Gasteiger partial charge < -0.3 is 24.8 Å². The minimum absolute atomic E-state index is 0.0831. The van der Waals surface area contributed by atoms with Gasteiger partial charge in [0.15, 0.2) is 0 Å². The third-order valence-corrected chi connectivity index (χ3v) is 4.97. The van der Waals surface area contributed by atoms with Crippen molar-refractivity contribution in [3.63, 3.8) is 0 Å². The van der Waals surface area contributed by atoms with E-state index in [2.05, 4.69) is 17.6 Å². The Morgan fingerprint density at radius 1 is 1.30 bits per heavy atom. The highest BCUT2D eigenvalue weighted by Crippen LogP contribution is 2.39. The summed E-state index contributed by atoms with van der Waals surface area (Å²) in [6.07, 6.45) is 2.03. The Hall–Kier alpha value is -0.850. The average molecular weight is 326 g/mol. The molecule has 0 radical (unpaired) electrons. The van der Waals surface area contributed by atoms with Crippen LogP contribution in [-0.2, 0) is 14.2 Å². The summed E-state index contributed by atoms with van der Waals surface area (Å²) in [5, 5.41) is 6.66. The topological polar surface area (TPSA) is 68.8 Å². The van der Waals surface area contributed by atoms with Crippen LogP contribution in [0.5, 0.6) is 0 Å². The number of amides is 1. The van der Waals surface area contributed by atoms with Crippen molar-refractivity contribution in [1.29, 1.82) is 0 Å². The Balaban J connectivity index is 1.57. The van der Waals surface area contributed by atoms with E-state index < -0.39 is 5.60 Å². The summed E-state index contributed by atoms with van der Waals surface area (Å²) >= 11 is 0. The number of hydrogen-bond donors (Lipinski definition) is 2. The summed E-state index contributed by atoms with van der Waals surface area (Å²) in [7, 11) is 0. The zero-order chi connectivity index (χ0) is 16.7. The molecule has 0 spiro atoms. The molecular weight excluding hydrogens is 296 g/mol. The summed E-state index contributed by atoms with van der Waals surface area (Å²) in [5.41, 5.74) is -0.272. The van der Waals surface area contributed by atoms with Gasteiger partial charge in [-0.2, -0.15) is 0 Å². The quantitative estimate of drug-likeness (QED) is 0.823. The molecule has 2 heterocycles. The number of carbonyl (C=O) groups is 1. The van der Waals surface area contributed by atoms with E-state index in [9.17, 15) is 4.79 Å². The van der Waals surface area contributed by atoms with Crippen molar-refractivity contribution in [2.75, 3.05) is 26.4 Å². The second-order valence-corrected chi connectivity index (χ2v) is 8.52. The first-order chi connectivity index (χ1) is 10.8. The van der Waals surface area contributed by atoms with Gasteiger partial charge in [0.1, 0.15) is 5.60 Å². The van der Waals surface area contributed by atoms with E-state index in [-0.39, 0.29) is 29.7 Å². The van der Waals surface area contributed by atoms with Crippen LogP contribution in [0.3, 0.4) is 0 Å². The Labute approximate surface area is 138 Å². The lowest BCUT2D eigenvalue weighted by Gasteiger charge is -2.55. The standard InChI is InChI=1S/C17H30N2O4/c1-16(2,3)23-15(20)19-12-11-6-5-7-22-14(11)13(12)18-8-17(4)9-21-10-17/h11-14,18H,5-10H2,1-4H3,(H,19,20). The van der Waals surface area contributed by atoms with Crippen molar-refractivity contribution < 1.29 is 19.0 Å². The number of rotatable bonds is 4. The third-order valence-electron chi connectivity index (χ3n) is 4.97. The van der Waals surface area contributed by atoms with Crippen LogP contribution in [0.15, 0.2) is 0 Å². The number of carbonyl (C=O) groups excluding carboxylic acids is 1. The summed E-state index contributed by atoms with van der Waals surface area (Å²) < 4.78 is 16.7. The van der Waals surface area contributed by atoms with E-state index in [0.717, 1.165) is 39.2 Å². The van der Waals surface area contributed by atoms with E-state index in [1.165, 1.54) is 0 Å². The van der Waals surface area contributed by atoms with Gasteiger partial charge >= 0.3 is 6.09 Å². The number of hydrogen-bond acceptors (Lipinski definition) is 5. The molecule has 0 aromatic heterocycles. The number of alkyl carbamates (subject to hydrolysis) is 1. The first-order valence-corrected chi connectivity index (χ1v) is 8.70. The lowest BCUT2D eigenvalue weighted by molar-refractivity contribution is -0.140. The first kappa shape index (κ1) is 17.0. The molecule has 1 aliphatic carbocycles. The largest absolute Gasteiger partial charge is 0.444 e. The zero-order valence-electron chi connectivity index (χ0n) is 14.7. The predicted octanol–water partition coefficient (Wildman–Crippen LogP) is 1.68. The summed E-state index contributed by atoms with van der Waals surface area (Å²) in [6, 6.07) is 0.241. The molecule has 0 aromatic carbocycles. The minimum Gasteiger partial charge on any atom is -0.444 e. The van der Waals surface area contributed by atoms with Gasteiger partial charge in [0.25, 0.3) is 0 Å². The van der Waals surface area contributed by atoms with Crippen molar-refractivity contribution in [3.05, 3.63) is 0 Å². The molecule has 2 N–H and O–H groups in total. The Morgan fingerprint density at radius 3 is 2.65 bits per heavy atom. The predicted molar refractivity (Wildman–Crippen MR) is 86.3 cm³/mol. The van der Waals surface area contributed by atoms with Crippen molar-refractivity contribution in [2.24, 2.45) is 11.3 Å². The molecule has 1 saturated carbocycles. The van der Waals surface area contributed by atoms with Crippen LogP contribution in [0.2, 0.25) is 0 Å². The van der Waals surface area contributed by atoms with Gasteiger partial charge in [-0.25, -0.2) is 4.79 Å². The monoisotopic (exact) mass is 326 g/mol. The highest BCUT2D eigenvalue weighted by Gasteiger charge is 2.53. The lowest BCUT2D eigenvalue weighted by Crippen LogP contribution is -2.74. The van der Waals surface area contributed by atoms with Gasteiger partial charge in [-0.3, -0.25) is 0 Å². The molecule has 2 aliphatic heterocycles. The van der Waals surface area contributed by atoms with Crippen molar-refractivity contribution in [3.8, 4) is 0 Å². The van der Waals surface area contributed by atoms with Crippen molar-refractivity contribution in [2.45, 2.75) is 64.3 Å². The van der Waals surface area contributed by atoms with E-state index in [0.29, 0.717) is 5.92 Å². The maximum Gasteiger partial charge on any atom is 0.407 e. The van der Waals surface area contributed by atoms with Crippen LogP contribution in [0.1, 0.15) is 40.5 Å². The Kier molecular flexibility index (Phi) is 4.60. The second-order valence-electron chi connectivity index (χ2n) is 8.52. The zero-order valence-corrected chi connectivity index (χ0v) is 14.7. The van der Waals surface area contributed by atoms with E-state index in [1.807, 2.05) is 20.8 Å². The van der Waals surface area contributed by atoms with Crippen LogP contribution < -0.4 is 10.6 Å². The molecule has 3 fully saturated rings. The fourth-order valence-corrected chi connectivity index (χ4v) is 3.71. The molecule has 1 amide bonds. The third kappa shape index (κ3) is 3.80. The molecule has 3 aliphatic rings. The van der Waals surface area contributed by atoms with Crippen LogP contribution in [0.4, 0.5) is 4.79 Å².